The number of ether oxygens (including phenoxy) is 3. The second-order valence-corrected chi connectivity index (χ2v) is 5.64. The van der Waals surface area contributed by atoms with Crippen LogP contribution in [0.15, 0.2) is 36.4 Å². The monoisotopic (exact) mass is 328 g/mol. The third-order valence-corrected chi connectivity index (χ3v) is 4.36. The van der Waals surface area contributed by atoms with Crippen molar-refractivity contribution < 1.29 is 14.2 Å². The summed E-state index contributed by atoms with van der Waals surface area (Å²) >= 11 is 0. The van der Waals surface area contributed by atoms with Gasteiger partial charge < -0.3 is 24.4 Å². The SMILES string of the molecule is COc1ccc(-c2ccccc2N2CCNCC2)c(OC)c1OC. The van der Waals surface area contributed by atoms with Crippen molar-refractivity contribution in [3.05, 3.63) is 36.4 Å². The molecule has 128 valence electrons. The van der Waals surface area contributed by atoms with Crippen LogP contribution in [0.25, 0.3) is 11.1 Å². The van der Waals surface area contributed by atoms with E-state index in [0.717, 1.165) is 37.3 Å². The molecule has 1 aliphatic rings. The molecule has 2 aromatic rings. The number of nitrogens with one attached hydrogen (secondary N) is 1. The topological polar surface area (TPSA) is 43.0 Å². The summed E-state index contributed by atoms with van der Waals surface area (Å²) in [5.41, 5.74) is 3.35. The summed E-state index contributed by atoms with van der Waals surface area (Å²) in [5.74, 6) is 1.98. The Labute approximate surface area is 143 Å². The van der Waals surface area contributed by atoms with Gasteiger partial charge in [0, 0.05) is 43.0 Å². The van der Waals surface area contributed by atoms with Crippen LogP contribution in [0.4, 0.5) is 5.69 Å². The van der Waals surface area contributed by atoms with Crippen molar-refractivity contribution in [3.8, 4) is 28.4 Å². The highest BCUT2D eigenvalue weighted by atomic mass is 16.5. The number of hydrogen-bond acceptors (Lipinski definition) is 5. The van der Waals surface area contributed by atoms with Gasteiger partial charge in [-0.25, -0.2) is 0 Å². The predicted molar refractivity (Wildman–Crippen MR) is 96.6 cm³/mol. The molecule has 3 rings (SSSR count). The molecule has 0 spiro atoms. The molecule has 5 nitrogen and oxygen atoms in total. The van der Waals surface area contributed by atoms with Gasteiger partial charge in [0.2, 0.25) is 5.75 Å². The van der Waals surface area contributed by atoms with Gasteiger partial charge in [-0.05, 0) is 18.2 Å². The molecule has 1 heterocycles. The van der Waals surface area contributed by atoms with Gasteiger partial charge >= 0.3 is 0 Å². The number of piperazine rings is 1. The fourth-order valence-corrected chi connectivity index (χ4v) is 3.20. The molecule has 1 N–H and O–H groups in total. The van der Waals surface area contributed by atoms with Gasteiger partial charge in [-0.2, -0.15) is 0 Å². The summed E-state index contributed by atoms with van der Waals surface area (Å²) in [6.45, 7) is 3.98. The fraction of sp³-hybridized carbons (Fsp3) is 0.368. The minimum absolute atomic E-state index is 0.618. The molecule has 5 heteroatoms. The Kier molecular flexibility index (Phi) is 5.11. The van der Waals surface area contributed by atoms with E-state index in [1.807, 2.05) is 12.1 Å². The van der Waals surface area contributed by atoms with Crippen molar-refractivity contribution in [3.63, 3.8) is 0 Å². The summed E-state index contributed by atoms with van der Waals surface area (Å²) in [6, 6.07) is 12.4. The van der Waals surface area contributed by atoms with Crippen molar-refractivity contribution in [2.45, 2.75) is 0 Å². The minimum atomic E-state index is 0.618. The summed E-state index contributed by atoms with van der Waals surface area (Å²) in [6.07, 6.45) is 0. The van der Waals surface area contributed by atoms with Crippen LogP contribution in [0.1, 0.15) is 0 Å². The van der Waals surface area contributed by atoms with Crippen LogP contribution in [-0.4, -0.2) is 47.5 Å². The zero-order chi connectivity index (χ0) is 16.9. The first-order valence-corrected chi connectivity index (χ1v) is 8.14. The van der Waals surface area contributed by atoms with Crippen LogP contribution >= 0.6 is 0 Å². The van der Waals surface area contributed by atoms with Crippen LogP contribution < -0.4 is 24.4 Å². The normalized spacial score (nSPS) is 14.4. The Bertz CT molecular complexity index is 697. The lowest BCUT2D eigenvalue weighted by Gasteiger charge is -2.31. The molecule has 0 unspecified atom stereocenters. The highest BCUT2D eigenvalue weighted by molar-refractivity contribution is 5.85. The van der Waals surface area contributed by atoms with E-state index in [1.165, 1.54) is 5.69 Å². The summed E-state index contributed by atoms with van der Waals surface area (Å²) in [7, 11) is 4.92. The maximum absolute atomic E-state index is 5.67. The van der Waals surface area contributed by atoms with E-state index in [-0.39, 0.29) is 0 Å². The van der Waals surface area contributed by atoms with Crippen molar-refractivity contribution in [2.75, 3.05) is 52.4 Å². The van der Waals surface area contributed by atoms with Gasteiger partial charge in [0.05, 0.1) is 21.3 Å². The number of nitrogens with zero attached hydrogens (tertiary/aromatic N) is 1. The lowest BCUT2D eigenvalue weighted by molar-refractivity contribution is 0.325. The maximum Gasteiger partial charge on any atom is 0.203 e. The standard InChI is InChI=1S/C19H24N2O3/c1-22-17-9-8-15(18(23-2)19(17)24-3)14-6-4-5-7-16(14)21-12-10-20-11-13-21/h4-9,20H,10-13H2,1-3H3. The van der Waals surface area contributed by atoms with Crippen molar-refractivity contribution in [1.82, 2.24) is 5.32 Å². The van der Waals surface area contributed by atoms with Gasteiger partial charge in [-0.1, -0.05) is 18.2 Å². The van der Waals surface area contributed by atoms with Gasteiger partial charge in [0.15, 0.2) is 11.5 Å². The van der Waals surface area contributed by atoms with E-state index in [4.69, 9.17) is 14.2 Å². The molecule has 24 heavy (non-hydrogen) atoms. The average molecular weight is 328 g/mol. The molecular weight excluding hydrogens is 304 g/mol. The Morgan fingerprint density at radius 3 is 2.17 bits per heavy atom. The van der Waals surface area contributed by atoms with Gasteiger partial charge in [-0.3, -0.25) is 0 Å². The summed E-state index contributed by atoms with van der Waals surface area (Å²) in [5, 5.41) is 3.40. The molecule has 0 aromatic heterocycles. The highest BCUT2D eigenvalue weighted by Crippen LogP contribution is 2.46. The first-order valence-electron chi connectivity index (χ1n) is 8.14. The van der Waals surface area contributed by atoms with E-state index >= 15 is 0 Å². The fourth-order valence-electron chi connectivity index (χ4n) is 3.20. The number of methoxy groups -OCH3 is 3. The summed E-state index contributed by atoms with van der Waals surface area (Å²) in [4.78, 5) is 2.40. The second-order valence-electron chi connectivity index (χ2n) is 5.64. The molecule has 0 saturated carbocycles. The molecule has 0 aliphatic carbocycles. The van der Waals surface area contributed by atoms with Crippen LogP contribution in [0.2, 0.25) is 0 Å². The van der Waals surface area contributed by atoms with Gasteiger partial charge in [-0.15, -0.1) is 0 Å². The second kappa shape index (κ2) is 7.45. The molecule has 1 saturated heterocycles. The Morgan fingerprint density at radius 1 is 0.792 bits per heavy atom. The van der Waals surface area contributed by atoms with Crippen molar-refractivity contribution in [2.24, 2.45) is 0 Å². The molecule has 0 atom stereocenters. The molecule has 0 amide bonds. The molecule has 0 bridgehead atoms. The van der Waals surface area contributed by atoms with E-state index in [2.05, 4.69) is 34.5 Å². The third kappa shape index (κ3) is 2.99. The van der Waals surface area contributed by atoms with Crippen LogP contribution in [-0.2, 0) is 0 Å². The van der Waals surface area contributed by atoms with E-state index in [0.29, 0.717) is 17.2 Å². The zero-order valence-electron chi connectivity index (χ0n) is 14.5. The lowest BCUT2D eigenvalue weighted by Crippen LogP contribution is -2.43. The number of rotatable bonds is 5. The van der Waals surface area contributed by atoms with Gasteiger partial charge in [0.25, 0.3) is 0 Å². The minimum Gasteiger partial charge on any atom is -0.493 e. The van der Waals surface area contributed by atoms with Crippen LogP contribution in [0.3, 0.4) is 0 Å². The third-order valence-electron chi connectivity index (χ3n) is 4.36. The Morgan fingerprint density at radius 2 is 1.50 bits per heavy atom. The average Bonchev–Trinajstić information content (AvgIpc) is 2.67. The van der Waals surface area contributed by atoms with Crippen LogP contribution in [0.5, 0.6) is 17.2 Å². The van der Waals surface area contributed by atoms with Gasteiger partial charge in [0.1, 0.15) is 0 Å². The van der Waals surface area contributed by atoms with E-state index in [1.54, 1.807) is 21.3 Å². The van der Waals surface area contributed by atoms with Crippen molar-refractivity contribution in [1.29, 1.82) is 0 Å². The van der Waals surface area contributed by atoms with E-state index in [9.17, 15) is 0 Å². The molecule has 1 aliphatic heterocycles. The Balaban J connectivity index is 2.12. The number of anilines is 1. The molecule has 1 fully saturated rings. The summed E-state index contributed by atoms with van der Waals surface area (Å²) < 4.78 is 16.6. The smallest absolute Gasteiger partial charge is 0.203 e. The lowest BCUT2D eigenvalue weighted by atomic mass is 10.0. The first-order chi connectivity index (χ1) is 11.8. The Hall–Kier alpha value is -2.40. The largest absolute Gasteiger partial charge is 0.493 e. The number of benzene rings is 2. The van der Waals surface area contributed by atoms with E-state index < -0.39 is 0 Å². The predicted octanol–water partition coefficient (Wildman–Crippen LogP) is 2.79. The molecular formula is C19H24N2O3. The molecule has 2 aromatic carbocycles. The quantitative estimate of drug-likeness (QED) is 0.914. The maximum atomic E-state index is 5.67. The number of hydrogen-bond donors (Lipinski definition) is 1. The van der Waals surface area contributed by atoms with Crippen LogP contribution in [0, 0.1) is 0 Å². The highest BCUT2D eigenvalue weighted by Gasteiger charge is 2.21. The number of para-hydroxylation sites is 1. The molecule has 0 radical (unpaired) electrons. The van der Waals surface area contributed by atoms with Crippen molar-refractivity contribution >= 4 is 5.69 Å². The zero-order valence-corrected chi connectivity index (χ0v) is 14.5. The first kappa shape index (κ1) is 16.5.